The van der Waals surface area contributed by atoms with Crippen molar-refractivity contribution in [2.45, 2.75) is 19.8 Å². The molecule has 2 heterocycles. The molecule has 2 saturated heterocycles. The van der Waals surface area contributed by atoms with Gasteiger partial charge in [0.15, 0.2) is 0 Å². The zero-order valence-electron chi connectivity index (χ0n) is 7.60. The Kier molecular flexibility index (Phi) is 1.83. The Balaban J connectivity index is 2.06. The molecule has 0 saturated carbocycles. The molecular formula is C9H16N2O. The second kappa shape index (κ2) is 2.73. The molecule has 2 aliphatic rings. The van der Waals surface area contributed by atoms with Gasteiger partial charge in [-0.1, -0.05) is 0 Å². The van der Waals surface area contributed by atoms with Crippen molar-refractivity contribution < 1.29 is 4.79 Å². The zero-order chi connectivity index (χ0) is 8.60. The minimum atomic E-state index is -0.00396. The van der Waals surface area contributed by atoms with Gasteiger partial charge in [-0.05, 0) is 32.9 Å². The van der Waals surface area contributed by atoms with Crippen LogP contribution in [-0.4, -0.2) is 37.0 Å². The van der Waals surface area contributed by atoms with Crippen molar-refractivity contribution in [3.63, 3.8) is 0 Å². The Hall–Kier alpha value is -0.570. The minimum Gasteiger partial charge on any atom is -0.356 e. The third kappa shape index (κ3) is 1.04. The number of carbonyl (C=O) groups is 1. The topological polar surface area (TPSA) is 32.3 Å². The number of nitrogens with zero attached hydrogens (tertiary/aromatic N) is 1. The van der Waals surface area contributed by atoms with Crippen LogP contribution in [0.4, 0.5) is 0 Å². The fourth-order valence-corrected chi connectivity index (χ4v) is 2.37. The predicted octanol–water partition coefficient (Wildman–Crippen LogP) is 0.218. The summed E-state index contributed by atoms with van der Waals surface area (Å²) in [4.78, 5) is 14.1. The Morgan fingerprint density at radius 2 is 2.17 bits per heavy atom. The maximum Gasteiger partial charge on any atom is 0.227 e. The number of rotatable bonds is 2. The Morgan fingerprint density at radius 1 is 1.50 bits per heavy atom. The van der Waals surface area contributed by atoms with Gasteiger partial charge in [-0.3, -0.25) is 4.79 Å². The second-order valence-electron chi connectivity index (χ2n) is 3.92. The van der Waals surface area contributed by atoms with Gasteiger partial charge in [-0.25, -0.2) is 0 Å². The molecule has 2 fully saturated rings. The molecule has 1 amide bonds. The molecule has 0 aromatic rings. The number of nitrogens with one attached hydrogen (secondary N) is 1. The SMILES string of the molecule is CCNC(=O)C12CCN(CC1)C2. The van der Waals surface area contributed by atoms with E-state index in [1.165, 1.54) is 0 Å². The minimum absolute atomic E-state index is 0.00396. The molecule has 0 aromatic heterocycles. The van der Waals surface area contributed by atoms with E-state index in [4.69, 9.17) is 0 Å². The van der Waals surface area contributed by atoms with Crippen LogP contribution >= 0.6 is 0 Å². The van der Waals surface area contributed by atoms with E-state index in [9.17, 15) is 4.79 Å². The smallest absolute Gasteiger partial charge is 0.227 e. The third-order valence-electron chi connectivity index (χ3n) is 3.16. The molecule has 3 nitrogen and oxygen atoms in total. The number of piperidine rings is 1. The van der Waals surface area contributed by atoms with Crippen LogP contribution in [0.1, 0.15) is 19.8 Å². The lowest BCUT2D eigenvalue weighted by atomic mass is 9.84. The summed E-state index contributed by atoms with van der Waals surface area (Å²) < 4.78 is 0. The summed E-state index contributed by atoms with van der Waals surface area (Å²) in [7, 11) is 0. The van der Waals surface area contributed by atoms with Crippen LogP contribution in [0, 0.1) is 5.41 Å². The first-order valence-electron chi connectivity index (χ1n) is 4.77. The molecule has 0 aromatic carbocycles. The van der Waals surface area contributed by atoms with E-state index in [0.717, 1.165) is 39.0 Å². The van der Waals surface area contributed by atoms with Crippen LogP contribution in [0.5, 0.6) is 0 Å². The van der Waals surface area contributed by atoms with E-state index in [0.29, 0.717) is 0 Å². The lowest BCUT2D eigenvalue weighted by Gasteiger charge is -2.23. The average Bonchev–Trinajstić information content (AvgIpc) is 2.64. The highest BCUT2D eigenvalue weighted by Crippen LogP contribution is 2.40. The molecule has 2 rings (SSSR count). The van der Waals surface area contributed by atoms with Gasteiger partial charge < -0.3 is 10.2 Å². The monoisotopic (exact) mass is 168 g/mol. The Labute approximate surface area is 73.1 Å². The van der Waals surface area contributed by atoms with Crippen molar-refractivity contribution in [1.82, 2.24) is 10.2 Å². The van der Waals surface area contributed by atoms with E-state index in [1.807, 2.05) is 6.92 Å². The van der Waals surface area contributed by atoms with E-state index >= 15 is 0 Å². The largest absolute Gasteiger partial charge is 0.356 e. The second-order valence-corrected chi connectivity index (χ2v) is 3.92. The molecule has 68 valence electrons. The van der Waals surface area contributed by atoms with Gasteiger partial charge in [0, 0.05) is 13.1 Å². The van der Waals surface area contributed by atoms with Crippen molar-refractivity contribution in [3.05, 3.63) is 0 Å². The highest BCUT2D eigenvalue weighted by Gasteiger charge is 2.48. The zero-order valence-corrected chi connectivity index (χ0v) is 7.60. The molecule has 0 atom stereocenters. The van der Waals surface area contributed by atoms with Gasteiger partial charge in [0.1, 0.15) is 0 Å². The fraction of sp³-hybridized carbons (Fsp3) is 0.889. The van der Waals surface area contributed by atoms with Crippen LogP contribution in [0.3, 0.4) is 0 Å². The maximum atomic E-state index is 11.7. The lowest BCUT2D eigenvalue weighted by molar-refractivity contribution is -0.129. The van der Waals surface area contributed by atoms with Gasteiger partial charge >= 0.3 is 0 Å². The molecule has 1 N–H and O–H groups in total. The molecule has 0 unspecified atom stereocenters. The summed E-state index contributed by atoms with van der Waals surface area (Å²) in [5.41, 5.74) is -0.00396. The Bertz CT molecular complexity index is 195. The average molecular weight is 168 g/mol. The summed E-state index contributed by atoms with van der Waals surface area (Å²) in [6.07, 6.45) is 2.14. The maximum absolute atomic E-state index is 11.7. The van der Waals surface area contributed by atoms with Crippen LogP contribution in [-0.2, 0) is 4.79 Å². The summed E-state index contributed by atoms with van der Waals surface area (Å²) in [5.74, 6) is 0.282. The van der Waals surface area contributed by atoms with E-state index in [1.54, 1.807) is 0 Å². The molecule has 2 aliphatic heterocycles. The highest BCUT2D eigenvalue weighted by molar-refractivity contribution is 5.83. The third-order valence-corrected chi connectivity index (χ3v) is 3.16. The summed E-state index contributed by atoms with van der Waals surface area (Å²) in [6.45, 7) is 5.99. The summed E-state index contributed by atoms with van der Waals surface area (Å²) in [6, 6.07) is 0. The fourth-order valence-electron chi connectivity index (χ4n) is 2.37. The van der Waals surface area contributed by atoms with Crippen molar-refractivity contribution >= 4 is 5.91 Å². The first-order valence-corrected chi connectivity index (χ1v) is 4.77. The van der Waals surface area contributed by atoms with E-state index in [2.05, 4.69) is 10.2 Å². The van der Waals surface area contributed by atoms with Crippen LogP contribution in [0.2, 0.25) is 0 Å². The van der Waals surface area contributed by atoms with E-state index in [-0.39, 0.29) is 11.3 Å². The van der Waals surface area contributed by atoms with Gasteiger partial charge in [0.2, 0.25) is 5.91 Å². The van der Waals surface area contributed by atoms with Crippen molar-refractivity contribution in [3.8, 4) is 0 Å². The van der Waals surface area contributed by atoms with Crippen LogP contribution in [0.25, 0.3) is 0 Å². The first kappa shape index (κ1) is 8.05. The lowest BCUT2D eigenvalue weighted by Crippen LogP contribution is -2.40. The van der Waals surface area contributed by atoms with Crippen LogP contribution in [0.15, 0.2) is 0 Å². The number of fused-ring (bicyclic) bond motifs is 2. The molecule has 3 heteroatoms. The van der Waals surface area contributed by atoms with E-state index < -0.39 is 0 Å². The molecule has 12 heavy (non-hydrogen) atoms. The van der Waals surface area contributed by atoms with Gasteiger partial charge in [-0.2, -0.15) is 0 Å². The highest BCUT2D eigenvalue weighted by atomic mass is 16.2. The molecule has 0 spiro atoms. The molecule has 0 radical (unpaired) electrons. The molecular weight excluding hydrogens is 152 g/mol. The summed E-state index contributed by atoms with van der Waals surface area (Å²) in [5, 5.41) is 2.94. The van der Waals surface area contributed by atoms with Gasteiger partial charge in [0.25, 0.3) is 0 Å². The van der Waals surface area contributed by atoms with Crippen molar-refractivity contribution in [2.75, 3.05) is 26.2 Å². The number of carbonyl (C=O) groups excluding carboxylic acids is 1. The summed E-state index contributed by atoms with van der Waals surface area (Å²) >= 11 is 0. The molecule has 0 aliphatic carbocycles. The first-order chi connectivity index (χ1) is 5.77. The Morgan fingerprint density at radius 3 is 2.58 bits per heavy atom. The van der Waals surface area contributed by atoms with Gasteiger partial charge in [0.05, 0.1) is 5.41 Å². The standard InChI is InChI=1S/C9H16N2O/c1-2-10-8(12)9-3-5-11(7-9)6-4-9/h2-7H2,1H3,(H,10,12). The van der Waals surface area contributed by atoms with Crippen molar-refractivity contribution in [1.29, 1.82) is 0 Å². The quantitative estimate of drug-likeness (QED) is 0.639. The van der Waals surface area contributed by atoms with Gasteiger partial charge in [-0.15, -0.1) is 0 Å². The normalized spacial score (nSPS) is 38.6. The predicted molar refractivity (Wildman–Crippen MR) is 46.8 cm³/mol. The van der Waals surface area contributed by atoms with Crippen molar-refractivity contribution in [2.24, 2.45) is 5.41 Å². The molecule has 2 bridgehead atoms. The number of hydrogen-bond donors (Lipinski definition) is 1. The van der Waals surface area contributed by atoms with Crippen LogP contribution < -0.4 is 5.32 Å². The number of amides is 1. The number of hydrogen-bond acceptors (Lipinski definition) is 2.